The Morgan fingerprint density at radius 3 is 1.14 bits per heavy atom. The summed E-state index contributed by atoms with van der Waals surface area (Å²) in [5.41, 5.74) is 10.8. The number of aromatic nitrogens is 12. The fourth-order valence-corrected chi connectivity index (χ4v) is 18.9. The van der Waals surface area contributed by atoms with E-state index >= 15 is 0 Å². The Morgan fingerprint density at radius 1 is 0.425 bits per heavy atom. The lowest BCUT2D eigenvalue weighted by atomic mass is 9.86. The Hall–Kier alpha value is -11.2. The third-order valence-electron chi connectivity index (χ3n) is 19.2. The van der Waals surface area contributed by atoms with E-state index in [0.29, 0.717) is 104 Å². The summed E-state index contributed by atoms with van der Waals surface area (Å²) in [6, 6.07) is 68.3. The van der Waals surface area contributed by atoms with E-state index in [1.54, 1.807) is 135 Å². The number of rotatable bonds is 28. The number of fused-ring (bicyclic) bond motifs is 4. The van der Waals surface area contributed by atoms with Crippen LogP contribution in [0.25, 0.3) is 67.6 Å². The summed E-state index contributed by atoms with van der Waals surface area (Å²) in [6.45, 7) is 3.60. The van der Waals surface area contributed by atoms with Crippen LogP contribution in [0.15, 0.2) is 299 Å². The van der Waals surface area contributed by atoms with Gasteiger partial charge in [-0.15, -0.1) is 0 Å². The van der Waals surface area contributed by atoms with Crippen molar-refractivity contribution in [3.8, 4) is 45.0 Å². The zero-order chi connectivity index (χ0) is 89.7. The minimum atomic E-state index is -3.75. The zero-order valence-corrected chi connectivity index (χ0v) is 76.7. The van der Waals surface area contributed by atoms with Gasteiger partial charge in [0, 0.05) is 101 Å². The molecule has 9 heterocycles. The minimum Gasteiger partial charge on any atom is -0.437 e. The van der Waals surface area contributed by atoms with E-state index in [0.717, 1.165) is 47.2 Å². The van der Waals surface area contributed by atoms with Crippen molar-refractivity contribution < 1.29 is 58.4 Å². The van der Waals surface area contributed by atoms with Gasteiger partial charge in [-0.05, 0) is 187 Å². The molecule has 0 radical (unpaired) electrons. The molecule has 0 bridgehead atoms. The second kappa shape index (κ2) is 40.8. The number of halogens is 5. The van der Waals surface area contributed by atoms with Gasteiger partial charge in [0.15, 0.2) is 22.6 Å². The predicted molar refractivity (Wildman–Crippen MR) is 499 cm³/mol. The van der Waals surface area contributed by atoms with Crippen LogP contribution in [0.2, 0.25) is 6.82 Å². The Bertz CT molecular complexity index is 7090. The van der Waals surface area contributed by atoms with Gasteiger partial charge < -0.3 is 46.4 Å². The van der Waals surface area contributed by atoms with Gasteiger partial charge in [0.1, 0.15) is 29.1 Å². The first kappa shape index (κ1) is 92.0. The van der Waals surface area contributed by atoms with Crippen LogP contribution in [0.4, 0.5) is 50.4 Å². The molecule has 16 aromatic rings. The topological polar surface area (TPSA) is 438 Å². The molecule has 0 aliphatic carbocycles. The molecule has 127 heavy (non-hydrogen) atoms. The molecule has 654 valence electrons. The first-order valence-electron chi connectivity index (χ1n) is 38.9. The number of anilines is 8. The summed E-state index contributed by atoms with van der Waals surface area (Å²) in [5.74, 6) is 2.06. The molecule has 0 amide bonds. The minimum absolute atomic E-state index is 0.0489. The van der Waals surface area contributed by atoms with E-state index in [-0.39, 0.29) is 58.5 Å². The molecule has 2 atom stereocenters. The van der Waals surface area contributed by atoms with Gasteiger partial charge in [-0.25, -0.2) is 76.9 Å². The molecule has 43 heteroatoms. The maximum absolute atomic E-state index is 14.3. The lowest BCUT2D eigenvalue weighted by Gasteiger charge is -2.17. The Morgan fingerprint density at radius 2 is 0.772 bits per heavy atom. The molecule has 1 unspecified atom stereocenters. The van der Waals surface area contributed by atoms with E-state index < -0.39 is 59.1 Å². The molecule has 8 aromatic heterocycles. The number of nitrogens with zero attached hydrogens (tertiary/aromatic N) is 13. The lowest BCUT2D eigenvalue weighted by molar-refractivity contribution is 0.198. The second-order valence-electron chi connectivity index (χ2n) is 28.4. The number of aliphatic hydroxyl groups is 3. The molecule has 12 N–H and O–H groups in total. The third kappa shape index (κ3) is 22.7. The van der Waals surface area contributed by atoms with Crippen LogP contribution in [-0.2, 0) is 40.1 Å². The second-order valence-corrected chi connectivity index (χ2v) is 38.8. The van der Waals surface area contributed by atoms with Gasteiger partial charge >= 0.3 is 7.05 Å². The van der Waals surface area contributed by atoms with Gasteiger partial charge in [0.25, 0.3) is 0 Å². The molecule has 8 aromatic carbocycles. The highest BCUT2D eigenvalue weighted by atomic mass is 79.9. The quantitative estimate of drug-likeness (QED) is 0.0203. The highest BCUT2D eigenvalue weighted by Gasteiger charge is 2.31. The normalized spacial score (nSPS) is 13.3. The molecule has 0 saturated carbocycles. The van der Waals surface area contributed by atoms with Crippen molar-refractivity contribution >= 4 is 179 Å². The van der Waals surface area contributed by atoms with E-state index in [1.165, 1.54) is 49.4 Å². The molecule has 0 spiro atoms. The van der Waals surface area contributed by atoms with Crippen LogP contribution in [0.5, 0.6) is 0 Å². The monoisotopic (exact) mass is 2050 g/mol. The molecule has 1 aliphatic rings. The number of hydrogen-bond acceptors (Lipinski definition) is 25. The van der Waals surface area contributed by atoms with Crippen molar-refractivity contribution in [3.05, 3.63) is 285 Å². The summed E-state index contributed by atoms with van der Waals surface area (Å²) in [4.78, 5) is 20.9. The van der Waals surface area contributed by atoms with Crippen LogP contribution in [-0.4, -0.2) is 182 Å². The van der Waals surface area contributed by atoms with Crippen LogP contribution < -0.4 is 40.2 Å². The average molecular weight is 2050 g/mol. The maximum atomic E-state index is 14.3. The van der Waals surface area contributed by atoms with E-state index in [1.807, 2.05) is 114 Å². The standard InChI is InChI=1S/C23H24BBrN6O3S.C21H20BrN5O3S.C20H17BrFN5O3S.C20H18BrN5O3S/c1-24(32)30-12-11-18(15-30)29-35(33,34)19-9-7-17(8-10-19)27-22-13-21(16-5-3-2-4-6-16)28-23-20(25)14-26-31(22)23;1-14(28)12-24-31(29,30)17-9-5-8-16(10-17)25-20-11-19(15-6-3-2-4-7-15)26-21-18(22)13-23-27(20)21;21-16-12-23-27-19(11-18(26-20(16)27)15-3-1-2-4-17(15)22)25-13-5-7-14(8-6-13)31(29,30)24-9-10-28;21-17-13-22-26-19(12-18(25-20(17)26)14-5-2-1-3-6-14)24-15-7-4-8-16(11-15)30(28,29)23-9-10-27/h2-10,13-14,18,27,29,32H,11-12,15H2,1H3;2-11,13-14,24-25,28H,12H2,1H3;1-8,11-12,24-25,28H,9-10H2;1-8,11-13,23-24,27H,9-10H2/t18-;;;/m1.../s1. The van der Waals surface area contributed by atoms with E-state index in [9.17, 15) is 48.2 Å². The molecule has 1 saturated heterocycles. The van der Waals surface area contributed by atoms with Crippen molar-refractivity contribution in [2.75, 3.05) is 67.2 Å². The van der Waals surface area contributed by atoms with Crippen molar-refractivity contribution in [1.29, 1.82) is 0 Å². The summed E-state index contributed by atoms with van der Waals surface area (Å²) in [6.07, 6.45) is 6.46. The van der Waals surface area contributed by atoms with Crippen LogP contribution in [0, 0.1) is 5.82 Å². The Kier molecular flexibility index (Phi) is 29.6. The zero-order valence-electron chi connectivity index (χ0n) is 67.1. The van der Waals surface area contributed by atoms with Gasteiger partial charge in [-0.1, -0.05) is 115 Å². The van der Waals surface area contributed by atoms with Crippen molar-refractivity contribution in [3.63, 3.8) is 0 Å². The molecular weight excluding hydrogens is 1970 g/mol. The highest BCUT2D eigenvalue weighted by molar-refractivity contribution is 9.11. The number of nitrogens with one attached hydrogen (secondary N) is 8. The summed E-state index contributed by atoms with van der Waals surface area (Å²) < 4.78 is 133. The fourth-order valence-electron chi connectivity index (χ4n) is 13.0. The van der Waals surface area contributed by atoms with Crippen LogP contribution in [0.1, 0.15) is 13.3 Å². The SMILES string of the molecule is CB(O)N1CC[C@@H](NS(=O)(=O)c2ccc(Nc3cc(-c4ccccc4)nc4c(Br)cnn34)cc2)C1.CC(O)CNS(=O)(=O)c1cccc(Nc2cc(-c3ccccc3)nc3c(Br)cnn23)c1.O=S(=O)(NCCO)c1ccc(Nc2cc(-c3ccccc3F)nc3c(Br)cnn23)cc1.O=S(=O)(NCCO)c1cccc(Nc2cc(-c3ccccc3)nc3c(Br)cnn23)c1. The lowest BCUT2D eigenvalue weighted by Crippen LogP contribution is -2.40. The summed E-state index contributed by atoms with van der Waals surface area (Å²) in [7, 11) is -15.4. The first-order chi connectivity index (χ1) is 61.0. The Labute approximate surface area is 762 Å². The van der Waals surface area contributed by atoms with Gasteiger partial charge in [0.2, 0.25) is 40.1 Å². The number of sulfonamides is 4. The summed E-state index contributed by atoms with van der Waals surface area (Å²) in [5, 5.41) is 67.2. The smallest absolute Gasteiger partial charge is 0.376 e. The van der Waals surface area contributed by atoms with E-state index in [2.05, 4.69) is 139 Å². The average Bonchev–Trinajstić information content (AvgIpc) is 1.67. The fraction of sp³-hybridized carbons (Fsp3) is 0.143. The van der Waals surface area contributed by atoms with Crippen molar-refractivity contribution in [2.45, 2.75) is 51.9 Å². The van der Waals surface area contributed by atoms with Crippen molar-refractivity contribution in [1.82, 2.24) is 82.1 Å². The number of hydrogen-bond donors (Lipinski definition) is 12. The molecular formula is C84H79BBr4FN21O12S4. The molecule has 1 aliphatic heterocycles. The van der Waals surface area contributed by atoms with Crippen molar-refractivity contribution in [2.24, 2.45) is 0 Å². The van der Waals surface area contributed by atoms with Gasteiger partial charge in [-0.2, -0.15) is 38.5 Å². The Balaban J connectivity index is 0.000000137. The maximum Gasteiger partial charge on any atom is 0.376 e. The van der Waals surface area contributed by atoms with Gasteiger partial charge in [0.05, 0.1) is 104 Å². The number of aliphatic hydroxyl groups excluding tert-OH is 3. The van der Waals surface area contributed by atoms with E-state index in [4.69, 9.17) is 15.2 Å². The van der Waals surface area contributed by atoms with Gasteiger partial charge in [-0.3, -0.25) is 0 Å². The molecule has 17 rings (SSSR count). The predicted octanol–water partition coefficient (Wildman–Crippen LogP) is 13.4. The largest absolute Gasteiger partial charge is 0.437 e. The highest BCUT2D eigenvalue weighted by Crippen LogP contribution is 2.35. The first-order valence-corrected chi connectivity index (χ1v) is 48.0. The van der Waals surface area contributed by atoms with Crippen LogP contribution in [0.3, 0.4) is 0 Å². The third-order valence-corrected chi connectivity index (χ3v) is 27.4. The number of benzene rings is 8. The van der Waals surface area contributed by atoms with Crippen LogP contribution >= 0.6 is 63.7 Å². The molecule has 33 nitrogen and oxygen atoms in total. The molecule has 1 fully saturated rings. The summed E-state index contributed by atoms with van der Waals surface area (Å²) >= 11 is 13.9.